The third kappa shape index (κ3) is 3.80. The predicted octanol–water partition coefficient (Wildman–Crippen LogP) is 1.42. The van der Waals surface area contributed by atoms with Crippen molar-refractivity contribution in [3.05, 3.63) is 93.0 Å². The smallest absolute Gasteiger partial charge is 0.337 e. The van der Waals surface area contributed by atoms with E-state index < -0.39 is 17.2 Å². The van der Waals surface area contributed by atoms with Gasteiger partial charge in [0.1, 0.15) is 5.75 Å². The molecule has 3 heterocycles. The highest BCUT2D eigenvalue weighted by Gasteiger charge is 2.16. The number of nitrogens with one attached hydrogen (secondary N) is 1. The molecule has 1 N–H and O–H groups in total. The molecule has 0 radical (unpaired) electrons. The molecule has 0 saturated heterocycles. The second-order valence-corrected chi connectivity index (χ2v) is 6.78. The summed E-state index contributed by atoms with van der Waals surface area (Å²) in [5.74, 6) is 0.232. The summed E-state index contributed by atoms with van der Waals surface area (Å²) in [5, 5.41) is 2.91. The van der Waals surface area contributed by atoms with Crippen LogP contribution in [0.15, 0.2) is 70.5 Å². The molecule has 0 aliphatic heterocycles. The molecular weight excluding hydrogens is 398 g/mol. The van der Waals surface area contributed by atoms with E-state index in [1.807, 2.05) is 6.07 Å². The van der Waals surface area contributed by atoms with Gasteiger partial charge in [-0.25, -0.2) is 14.3 Å². The predicted molar refractivity (Wildman–Crippen MR) is 115 cm³/mol. The van der Waals surface area contributed by atoms with Gasteiger partial charge in [-0.2, -0.15) is 0 Å². The van der Waals surface area contributed by atoms with Crippen LogP contribution in [0, 0.1) is 0 Å². The Morgan fingerprint density at radius 3 is 2.55 bits per heavy atom. The third-order valence-corrected chi connectivity index (χ3v) is 4.84. The van der Waals surface area contributed by atoms with E-state index in [1.165, 1.54) is 23.9 Å². The maximum atomic E-state index is 12.8. The zero-order valence-electron chi connectivity index (χ0n) is 16.9. The first kappa shape index (κ1) is 20.0. The van der Waals surface area contributed by atoms with Crippen molar-refractivity contribution in [3.63, 3.8) is 0 Å². The normalized spacial score (nSPS) is 10.8. The highest BCUT2D eigenvalue weighted by Crippen LogP contribution is 2.17. The van der Waals surface area contributed by atoms with Crippen molar-refractivity contribution in [1.29, 1.82) is 0 Å². The van der Waals surface area contributed by atoms with Gasteiger partial charge in [-0.15, -0.1) is 0 Å². The van der Waals surface area contributed by atoms with E-state index in [-0.39, 0.29) is 23.1 Å². The first-order valence-corrected chi connectivity index (χ1v) is 9.44. The number of carbonyl (C=O) groups excluding carboxylic acids is 1. The van der Waals surface area contributed by atoms with E-state index in [2.05, 4.69) is 15.3 Å². The number of methoxy groups -OCH3 is 1. The molecule has 3 aromatic heterocycles. The van der Waals surface area contributed by atoms with E-state index in [4.69, 9.17) is 4.74 Å². The molecule has 1 aromatic carbocycles. The van der Waals surface area contributed by atoms with E-state index in [0.29, 0.717) is 17.1 Å². The molecule has 1 amide bonds. The number of fused-ring (bicyclic) bond motifs is 1. The number of nitrogens with zero attached hydrogens (tertiary/aromatic N) is 4. The Morgan fingerprint density at radius 1 is 1.10 bits per heavy atom. The Hall–Kier alpha value is -4.27. The van der Waals surface area contributed by atoms with Crippen LogP contribution < -0.4 is 21.3 Å². The quantitative estimate of drug-likeness (QED) is 0.526. The zero-order valence-corrected chi connectivity index (χ0v) is 16.9. The van der Waals surface area contributed by atoms with Gasteiger partial charge in [0, 0.05) is 19.4 Å². The summed E-state index contributed by atoms with van der Waals surface area (Å²) in [5.41, 5.74) is 0.527. The fraction of sp³-hybridized carbons (Fsp3) is 0.136. The molecule has 0 unspecified atom stereocenters. The van der Waals surface area contributed by atoms with Crippen molar-refractivity contribution in [2.45, 2.75) is 6.54 Å². The summed E-state index contributed by atoms with van der Waals surface area (Å²) in [4.78, 5) is 46.6. The Kier molecular flexibility index (Phi) is 5.31. The number of aromatic nitrogens is 4. The second-order valence-electron chi connectivity index (χ2n) is 6.78. The topological polar surface area (TPSA) is 108 Å². The molecule has 0 bridgehead atoms. The molecule has 0 fully saturated rings. The van der Waals surface area contributed by atoms with Crippen LogP contribution in [-0.2, 0) is 13.6 Å². The zero-order chi connectivity index (χ0) is 22.0. The van der Waals surface area contributed by atoms with Crippen LogP contribution in [-0.4, -0.2) is 32.1 Å². The van der Waals surface area contributed by atoms with Crippen LogP contribution >= 0.6 is 0 Å². The molecular formula is C22H19N5O4. The molecule has 0 spiro atoms. The highest BCUT2D eigenvalue weighted by molar-refractivity contribution is 5.96. The Bertz CT molecular complexity index is 1380. The molecule has 0 saturated carbocycles. The molecule has 31 heavy (non-hydrogen) atoms. The van der Waals surface area contributed by atoms with Gasteiger partial charge in [-0.05, 0) is 42.5 Å². The number of amides is 1. The van der Waals surface area contributed by atoms with Crippen LogP contribution in [0.2, 0.25) is 0 Å². The largest absolute Gasteiger partial charge is 0.497 e. The number of carbonyl (C=O) groups is 1. The van der Waals surface area contributed by atoms with Gasteiger partial charge >= 0.3 is 5.69 Å². The van der Waals surface area contributed by atoms with Gasteiger partial charge in [-0.3, -0.25) is 19.1 Å². The number of pyridine rings is 2. The maximum Gasteiger partial charge on any atom is 0.337 e. The lowest BCUT2D eigenvalue weighted by Gasteiger charge is -2.12. The molecule has 9 nitrogen and oxygen atoms in total. The fourth-order valence-corrected chi connectivity index (χ4v) is 3.17. The van der Waals surface area contributed by atoms with Gasteiger partial charge in [0.15, 0.2) is 5.65 Å². The number of rotatable bonds is 5. The minimum atomic E-state index is -0.539. The van der Waals surface area contributed by atoms with E-state index in [1.54, 1.807) is 49.7 Å². The first-order chi connectivity index (χ1) is 15.0. The van der Waals surface area contributed by atoms with E-state index >= 15 is 0 Å². The van der Waals surface area contributed by atoms with Crippen molar-refractivity contribution in [2.24, 2.45) is 7.05 Å². The van der Waals surface area contributed by atoms with Crippen molar-refractivity contribution in [3.8, 4) is 11.4 Å². The number of hydrogen-bond acceptors (Lipinski definition) is 6. The van der Waals surface area contributed by atoms with Gasteiger partial charge < -0.3 is 10.1 Å². The lowest BCUT2D eigenvalue weighted by Crippen LogP contribution is -2.38. The average molecular weight is 417 g/mol. The minimum Gasteiger partial charge on any atom is -0.497 e. The summed E-state index contributed by atoms with van der Waals surface area (Å²) < 4.78 is 7.47. The summed E-state index contributed by atoms with van der Waals surface area (Å²) in [6.07, 6.45) is 2.98. The summed E-state index contributed by atoms with van der Waals surface area (Å²) in [6.45, 7) is 0.237. The molecule has 4 aromatic rings. The minimum absolute atomic E-state index is 0.156. The molecule has 0 atom stereocenters. The summed E-state index contributed by atoms with van der Waals surface area (Å²) in [6, 6.07) is 13.7. The van der Waals surface area contributed by atoms with Crippen molar-refractivity contribution in [1.82, 2.24) is 24.4 Å². The Labute approximate surface area is 176 Å². The van der Waals surface area contributed by atoms with Gasteiger partial charge in [0.25, 0.3) is 11.5 Å². The molecule has 4 rings (SSSR count). The number of ether oxygens (including phenoxy) is 1. The third-order valence-electron chi connectivity index (χ3n) is 4.84. The first-order valence-electron chi connectivity index (χ1n) is 9.44. The molecule has 0 aliphatic carbocycles. The monoisotopic (exact) mass is 417 g/mol. The Morgan fingerprint density at radius 2 is 1.87 bits per heavy atom. The second kappa shape index (κ2) is 8.23. The SMILES string of the molecule is COc1ccc(-n2c(=O)n(C)c(=O)c3cc(C(=O)NCc4ccccn4)cnc32)cc1. The summed E-state index contributed by atoms with van der Waals surface area (Å²) >= 11 is 0. The van der Waals surface area contributed by atoms with Gasteiger partial charge in [0.05, 0.1) is 36.0 Å². The van der Waals surface area contributed by atoms with E-state index in [9.17, 15) is 14.4 Å². The lowest BCUT2D eigenvalue weighted by atomic mass is 10.2. The van der Waals surface area contributed by atoms with Crippen LogP contribution in [0.5, 0.6) is 5.75 Å². The van der Waals surface area contributed by atoms with Crippen LogP contribution in [0.4, 0.5) is 0 Å². The maximum absolute atomic E-state index is 12.8. The van der Waals surface area contributed by atoms with Gasteiger partial charge in [0.2, 0.25) is 0 Å². The number of benzene rings is 1. The average Bonchev–Trinajstić information content (AvgIpc) is 2.82. The summed E-state index contributed by atoms with van der Waals surface area (Å²) in [7, 11) is 2.93. The lowest BCUT2D eigenvalue weighted by molar-refractivity contribution is 0.0950. The molecule has 9 heteroatoms. The highest BCUT2D eigenvalue weighted by atomic mass is 16.5. The van der Waals surface area contributed by atoms with Crippen LogP contribution in [0.25, 0.3) is 16.7 Å². The molecule has 0 aliphatic rings. The molecule has 156 valence electrons. The van der Waals surface area contributed by atoms with Crippen molar-refractivity contribution < 1.29 is 9.53 Å². The van der Waals surface area contributed by atoms with E-state index in [0.717, 1.165) is 4.57 Å². The standard InChI is InChI=1S/C22H19N5O4/c1-26-21(29)18-11-14(20(28)25-13-15-5-3-4-10-23-15)12-24-19(18)27(22(26)30)16-6-8-17(31-2)9-7-16/h3-12H,13H2,1-2H3,(H,25,28). The van der Waals surface area contributed by atoms with Crippen molar-refractivity contribution in [2.75, 3.05) is 7.11 Å². The van der Waals surface area contributed by atoms with Crippen LogP contribution in [0.1, 0.15) is 16.1 Å². The van der Waals surface area contributed by atoms with Crippen molar-refractivity contribution >= 4 is 16.9 Å². The fourth-order valence-electron chi connectivity index (χ4n) is 3.17. The van der Waals surface area contributed by atoms with Gasteiger partial charge in [-0.1, -0.05) is 6.07 Å². The van der Waals surface area contributed by atoms with Crippen LogP contribution in [0.3, 0.4) is 0 Å². The number of hydrogen-bond donors (Lipinski definition) is 1. The Balaban J connectivity index is 1.76.